The third kappa shape index (κ3) is 2.92. The molecule has 0 aromatic heterocycles. The number of fused-ring (bicyclic) bond motifs is 2. The van der Waals surface area contributed by atoms with Gasteiger partial charge < -0.3 is 5.11 Å². The van der Waals surface area contributed by atoms with E-state index in [1.54, 1.807) is 0 Å². The van der Waals surface area contributed by atoms with Crippen LogP contribution in [0.3, 0.4) is 0 Å². The van der Waals surface area contributed by atoms with Crippen molar-refractivity contribution in [3.63, 3.8) is 0 Å². The second kappa shape index (κ2) is 6.68. The average molecular weight is 400 g/mol. The molecule has 0 heterocycles. The largest absolute Gasteiger partial charge is 0.385 e. The van der Waals surface area contributed by atoms with Crippen LogP contribution in [0, 0.1) is 16.7 Å². The Kier molecular flexibility index (Phi) is 4.68. The molecule has 2 N–H and O–H groups in total. The van der Waals surface area contributed by atoms with Crippen molar-refractivity contribution in [2.45, 2.75) is 45.3 Å². The fourth-order valence-electron chi connectivity index (χ4n) is 5.79. The molecule has 28 heavy (non-hydrogen) atoms. The summed E-state index contributed by atoms with van der Waals surface area (Å²) >= 11 is 0. The predicted molar refractivity (Wildman–Crippen MR) is 111 cm³/mol. The third-order valence-electron chi connectivity index (χ3n) is 7.53. The predicted octanol–water partition coefficient (Wildman–Crippen LogP) is 3.82. The number of hydrogen-bond acceptors (Lipinski definition) is 3. The Labute approximate surface area is 168 Å². The van der Waals surface area contributed by atoms with Gasteiger partial charge in [0.1, 0.15) is 0 Å². The summed E-state index contributed by atoms with van der Waals surface area (Å²) in [6.45, 7) is 4.55. The molecule has 3 atom stereocenters. The fourth-order valence-corrected chi connectivity index (χ4v) is 7.69. The average Bonchev–Trinajstić information content (AvgIpc) is 3.01. The zero-order valence-corrected chi connectivity index (χ0v) is 17.4. The molecule has 2 aliphatic rings. The van der Waals surface area contributed by atoms with Gasteiger partial charge in [-0.3, -0.25) is 0 Å². The summed E-state index contributed by atoms with van der Waals surface area (Å²) in [6.07, 6.45) is 2.32. The molecule has 0 amide bonds. The van der Waals surface area contributed by atoms with Crippen molar-refractivity contribution in [1.82, 2.24) is 4.72 Å². The first-order valence-electron chi connectivity index (χ1n) is 9.99. The van der Waals surface area contributed by atoms with Gasteiger partial charge in [0.05, 0.1) is 11.4 Å². The highest BCUT2D eigenvalue weighted by Gasteiger charge is 2.72. The zero-order valence-electron chi connectivity index (χ0n) is 16.6. The summed E-state index contributed by atoms with van der Waals surface area (Å²) < 4.78 is 29.0. The smallest absolute Gasteiger partial charge is 0.212 e. The van der Waals surface area contributed by atoms with Crippen LogP contribution < -0.4 is 4.72 Å². The first kappa shape index (κ1) is 19.6. The Hall–Kier alpha value is -1.69. The second-order valence-corrected chi connectivity index (χ2v) is 10.8. The van der Waals surface area contributed by atoms with Crippen LogP contribution in [-0.2, 0) is 22.2 Å². The van der Waals surface area contributed by atoms with Crippen LogP contribution in [0.5, 0.6) is 0 Å². The maximum absolute atomic E-state index is 13.1. The van der Waals surface area contributed by atoms with E-state index < -0.39 is 21.0 Å². The van der Waals surface area contributed by atoms with Crippen LogP contribution in [0.4, 0.5) is 0 Å². The van der Waals surface area contributed by atoms with Crippen LogP contribution in [0.2, 0.25) is 0 Å². The Morgan fingerprint density at radius 2 is 1.64 bits per heavy atom. The summed E-state index contributed by atoms with van der Waals surface area (Å²) in [6, 6.07) is 19.2. The SMILES string of the molecule is CC1(C)[C@@H]2CC[C@@]1(CS(=O)(=O)NCc1ccccc1)[C@@](O)(c1ccccc1)C2. The number of aliphatic hydroxyl groups is 1. The lowest BCUT2D eigenvalue weighted by molar-refractivity contribution is -0.0935. The van der Waals surface area contributed by atoms with Crippen molar-refractivity contribution in [1.29, 1.82) is 0 Å². The third-order valence-corrected chi connectivity index (χ3v) is 8.99. The van der Waals surface area contributed by atoms with Gasteiger partial charge in [-0.2, -0.15) is 0 Å². The van der Waals surface area contributed by atoms with Gasteiger partial charge in [-0.1, -0.05) is 74.5 Å². The summed E-state index contributed by atoms with van der Waals surface area (Å²) in [5.74, 6) is 0.267. The van der Waals surface area contributed by atoms with Gasteiger partial charge in [0.15, 0.2) is 0 Å². The van der Waals surface area contributed by atoms with Crippen LogP contribution in [0.25, 0.3) is 0 Å². The van der Waals surface area contributed by atoms with Crippen molar-refractivity contribution >= 4 is 10.0 Å². The Morgan fingerprint density at radius 1 is 1.04 bits per heavy atom. The molecule has 0 spiro atoms. The van der Waals surface area contributed by atoms with Crippen molar-refractivity contribution in [2.24, 2.45) is 16.7 Å². The molecule has 150 valence electrons. The molecule has 2 saturated carbocycles. The van der Waals surface area contributed by atoms with Gasteiger partial charge in [0.25, 0.3) is 0 Å². The molecule has 0 saturated heterocycles. The fraction of sp³-hybridized carbons (Fsp3) is 0.478. The van der Waals surface area contributed by atoms with Gasteiger partial charge in [-0.05, 0) is 41.7 Å². The van der Waals surface area contributed by atoms with E-state index in [9.17, 15) is 13.5 Å². The minimum Gasteiger partial charge on any atom is -0.385 e. The molecule has 2 aromatic carbocycles. The molecule has 2 fully saturated rings. The lowest BCUT2D eigenvalue weighted by atomic mass is 9.62. The highest BCUT2D eigenvalue weighted by molar-refractivity contribution is 7.89. The van der Waals surface area contributed by atoms with Crippen molar-refractivity contribution < 1.29 is 13.5 Å². The van der Waals surface area contributed by atoms with Gasteiger partial charge in [0.2, 0.25) is 10.0 Å². The highest BCUT2D eigenvalue weighted by atomic mass is 32.2. The molecule has 2 aromatic rings. The summed E-state index contributed by atoms with van der Waals surface area (Å²) in [7, 11) is -3.57. The van der Waals surface area contributed by atoms with E-state index in [-0.39, 0.29) is 17.7 Å². The molecular weight excluding hydrogens is 370 g/mol. The van der Waals surface area contributed by atoms with Crippen LogP contribution in [0.15, 0.2) is 60.7 Å². The zero-order chi connectivity index (χ0) is 20.0. The highest BCUT2D eigenvalue weighted by Crippen LogP contribution is 2.73. The minimum absolute atomic E-state index is 0.0538. The second-order valence-electron chi connectivity index (χ2n) is 9.04. The molecule has 4 nitrogen and oxygen atoms in total. The Balaban J connectivity index is 1.66. The lowest BCUT2D eigenvalue weighted by Gasteiger charge is -2.48. The first-order chi connectivity index (χ1) is 13.2. The summed E-state index contributed by atoms with van der Waals surface area (Å²) in [5, 5.41) is 11.9. The lowest BCUT2D eigenvalue weighted by Crippen LogP contribution is -2.53. The number of nitrogens with one attached hydrogen (secondary N) is 1. The van der Waals surface area contributed by atoms with E-state index in [0.29, 0.717) is 12.3 Å². The van der Waals surface area contributed by atoms with E-state index in [1.807, 2.05) is 60.7 Å². The maximum Gasteiger partial charge on any atom is 0.212 e. The van der Waals surface area contributed by atoms with Gasteiger partial charge in [0, 0.05) is 12.0 Å². The Morgan fingerprint density at radius 3 is 2.25 bits per heavy atom. The molecule has 0 unspecified atom stereocenters. The number of hydrogen-bond donors (Lipinski definition) is 2. The monoisotopic (exact) mass is 399 g/mol. The van der Waals surface area contributed by atoms with Gasteiger partial charge in [-0.15, -0.1) is 0 Å². The van der Waals surface area contributed by atoms with Crippen molar-refractivity contribution in [3.8, 4) is 0 Å². The Bertz CT molecular complexity index is 942. The van der Waals surface area contributed by atoms with E-state index in [1.165, 1.54) is 0 Å². The molecule has 2 aliphatic carbocycles. The summed E-state index contributed by atoms with van der Waals surface area (Å²) in [5.41, 5.74) is -0.309. The molecule has 2 bridgehead atoms. The maximum atomic E-state index is 13.1. The first-order valence-corrected chi connectivity index (χ1v) is 11.6. The molecule has 0 aliphatic heterocycles. The standard InChI is InChI=1S/C23H29NO3S/c1-21(2)20-13-14-22(21,23(25,15-20)19-11-7-4-8-12-19)17-28(26,27)24-16-18-9-5-3-6-10-18/h3-12,20,24-25H,13-17H2,1-2H3/t20-,22+,23+/m1/s1. The molecule has 4 rings (SSSR count). The van der Waals surface area contributed by atoms with Crippen LogP contribution >= 0.6 is 0 Å². The number of rotatable bonds is 6. The topological polar surface area (TPSA) is 66.4 Å². The van der Waals surface area contributed by atoms with E-state index in [4.69, 9.17) is 0 Å². The minimum atomic E-state index is -3.57. The molecular formula is C23H29NO3S. The van der Waals surface area contributed by atoms with Gasteiger partial charge >= 0.3 is 0 Å². The normalized spacial score (nSPS) is 31.2. The van der Waals surface area contributed by atoms with E-state index >= 15 is 0 Å². The molecule has 5 heteroatoms. The van der Waals surface area contributed by atoms with Gasteiger partial charge in [-0.25, -0.2) is 13.1 Å². The molecule has 0 radical (unpaired) electrons. The van der Waals surface area contributed by atoms with Crippen molar-refractivity contribution in [2.75, 3.05) is 5.75 Å². The number of sulfonamides is 1. The van der Waals surface area contributed by atoms with Crippen LogP contribution in [0.1, 0.15) is 44.2 Å². The van der Waals surface area contributed by atoms with Crippen LogP contribution in [-0.4, -0.2) is 19.3 Å². The van der Waals surface area contributed by atoms with E-state index in [2.05, 4.69) is 18.6 Å². The van der Waals surface area contributed by atoms with Crippen molar-refractivity contribution in [3.05, 3.63) is 71.8 Å². The number of benzene rings is 2. The summed E-state index contributed by atoms with van der Waals surface area (Å²) in [4.78, 5) is 0. The van der Waals surface area contributed by atoms with E-state index in [0.717, 1.165) is 24.0 Å². The quantitative estimate of drug-likeness (QED) is 0.776.